The predicted octanol–water partition coefficient (Wildman–Crippen LogP) is -0.189. The van der Waals surface area contributed by atoms with Gasteiger partial charge in [0, 0.05) is 6.61 Å². The summed E-state index contributed by atoms with van der Waals surface area (Å²) in [5.41, 5.74) is 0. The molecule has 0 heterocycles. The summed E-state index contributed by atoms with van der Waals surface area (Å²) in [4.78, 5) is 0. The molecule has 0 fully saturated rings. The van der Waals surface area contributed by atoms with Crippen LogP contribution in [0.3, 0.4) is 0 Å². The summed E-state index contributed by atoms with van der Waals surface area (Å²) in [6.07, 6.45) is 1.65. The molecule has 46 valence electrons. The topological polar surface area (TPSA) is 40.5 Å². The van der Waals surface area contributed by atoms with Crippen molar-refractivity contribution < 1.29 is 10.2 Å². The SMILES string of the molecule is CC([CH-]CO)CO.[Rf]. The van der Waals surface area contributed by atoms with Crippen molar-refractivity contribution >= 4 is 0 Å². The van der Waals surface area contributed by atoms with Crippen molar-refractivity contribution in [3.05, 3.63) is 6.42 Å². The second kappa shape index (κ2) is 5.92. The van der Waals surface area contributed by atoms with Crippen LogP contribution in [0.2, 0.25) is 0 Å². The van der Waals surface area contributed by atoms with E-state index >= 15 is 0 Å². The smallest absolute Gasteiger partial charge is 0.0186 e. The molecular weight excluding hydrogens is 359 g/mol. The van der Waals surface area contributed by atoms with Crippen LogP contribution in [0.1, 0.15) is 6.92 Å². The van der Waals surface area contributed by atoms with Gasteiger partial charge in [-0.3, -0.25) is 6.42 Å². The van der Waals surface area contributed by atoms with Crippen LogP contribution in [-0.2, 0) is 0 Å². The van der Waals surface area contributed by atoms with E-state index in [0.717, 1.165) is 0 Å². The third kappa shape index (κ3) is 4.92. The quantitative estimate of drug-likeness (QED) is 0.677. The molecule has 0 aliphatic carbocycles. The van der Waals surface area contributed by atoms with Gasteiger partial charge in [0.15, 0.2) is 0 Å². The van der Waals surface area contributed by atoms with E-state index in [0.29, 0.717) is 0 Å². The third-order valence-corrected chi connectivity index (χ3v) is 0.796. The van der Waals surface area contributed by atoms with Crippen LogP contribution in [0.5, 0.6) is 0 Å². The van der Waals surface area contributed by atoms with Gasteiger partial charge in [-0.05, 0) is 0 Å². The van der Waals surface area contributed by atoms with E-state index < -0.39 is 0 Å². The van der Waals surface area contributed by atoms with Crippen molar-refractivity contribution in [2.45, 2.75) is 6.92 Å². The van der Waals surface area contributed by atoms with Crippen molar-refractivity contribution in [2.24, 2.45) is 5.92 Å². The average molecular weight is 370 g/mol. The first-order chi connectivity index (χ1) is 3.31. The van der Waals surface area contributed by atoms with Gasteiger partial charge in [-0.15, -0.1) is 5.92 Å². The Morgan fingerprint density at radius 2 is 2.00 bits per heavy atom. The number of hydrogen-bond donors (Lipinski definition) is 2. The monoisotopic (exact) mass is 370 g/mol. The van der Waals surface area contributed by atoms with E-state index in [1.807, 2.05) is 6.92 Å². The molecule has 0 bridgehead atoms. The minimum Gasteiger partial charge on any atom is -0.428 e. The molecule has 0 aromatic heterocycles. The molecule has 2 nitrogen and oxygen atoms in total. The van der Waals surface area contributed by atoms with E-state index in [2.05, 4.69) is 0 Å². The van der Waals surface area contributed by atoms with Gasteiger partial charge in [0.1, 0.15) is 0 Å². The minimum atomic E-state index is 0. The average Bonchev–Trinajstić information content (AvgIpc) is 1.68. The Hall–Kier alpha value is -1.08. The van der Waals surface area contributed by atoms with Crippen LogP contribution in [0, 0.1) is 12.3 Å². The van der Waals surface area contributed by atoms with Crippen molar-refractivity contribution in [1.82, 2.24) is 0 Å². The summed E-state index contributed by atoms with van der Waals surface area (Å²) in [7, 11) is 0. The zero-order valence-corrected chi connectivity index (χ0v) is 11.6. The number of hydrogen-bond acceptors (Lipinski definition) is 2. The van der Waals surface area contributed by atoms with Crippen LogP contribution in [0.4, 0.5) is 0 Å². The summed E-state index contributed by atoms with van der Waals surface area (Å²) >= 11 is 0. The summed E-state index contributed by atoms with van der Waals surface area (Å²) in [6.45, 7) is 2.03. The van der Waals surface area contributed by atoms with Crippen LogP contribution >= 0.6 is 0 Å². The van der Waals surface area contributed by atoms with E-state index in [1.54, 1.807) is 6.42 Å². The van der Waals surface area contributed by atoms with Crippen molar-refractivity contribution in [3.8, 4) is 0 Å². The second-order valence-electron chi connectivity index (χ2n) is 1.58. The molecule has 0 saturated carbocycles. The fraction of sp³-hybridized carbons (Fsp3) is 0.800. The Morgan fingerprint density at radius 3 is 2.12 bits per heavy atom. The molecule has 0 rings (SSSR count). The fourth-order valence-corrected chi connectivity index (χ4v) is 0.254. The molecule has 0 aromatic carbocycles. The van der Waals surface area contributed by atoms with Crippen molar-refractivity contribution in [2.75, 3.05) is 13.2 Å². The molecule has 8 heavy (non-hydrogen) atoms. The minimum absolute atomic E-state index is 0. The first-order valence-corrected chi connectivity index (χ1v) is 2.36. The van der Waals surface area contributed by atoms with Gasteiger partial charge >= 0.3 is 0 Å². The molecule has 3 heteroatoms. The van der Waals surface area contributed by atoms with Gasteiger partial charge in [0.25, 0.3) is 0 Å². The standard InChI is InChI=1S/C5H11O2.Rf/c1-5(4-7)2-3-6;/h2,5-7H,3-4H2,1H3;/q-1;. The Labute approximate surface area is 43.8 Å². The molecule has 2 N–H and O–H groups in total. The molecule has 0 aliphatic rings. The molecule has 0 aliphatic heterocycles. The Bertz CT molecular complexity index is 41.4. The summed E-state index contributed by atoms with van der Waals surface area (Å²) in [6, 6.07) is 0. The van der Waals surface area contributed by atoms with Gasteiger partial charge in [0.05, 0.1) is 0 Å². The molecule has 1 unspecified atom stereocenters. The predicted molar refractivity (Wildman–Crippen MR) is 27.6 cm³/mol. The summed E-state index contributed by atoms with van der Waals surface area (Å²) in [5.74, 6) is 0.130. The van der Waals surface area contributed by atoms with Crippen molar-refractivity contribution in [1.29, 1.82) is 0 Å². The molecule has 0 radical (unpaired) electrons. The first-order valence-electron chi connectivity index (χ1n) is 2.36. The van der Waals surface area contributed by atoms with E-state index in [9.17, 15) is 0 Å². The maximum absolute atomic E-state index is 8.32. The number of aliphatic hydroxyl groups excluding tert-OH is 2. The zero-order chi connectivity index (χ0) is 5.70. The van der Waals surface area contributed by atoms with Crippen LogP contribution < -0.4 is 0 Å². The molecule has 0 saturated heterocycles. The third-order valence-electron chi connectivity index (χ3n) is 0.796. The molecular formula is C5H11O2Rf-. The second-order valence-corrected chi connectivity index (χ2v) is 1.58. The Morgan fingerprint density at radius 1 is 1.50 bits per heavy atom. The Kier molecular flexibility index (Phi) is 7.41. The van der Waals surface area contributed by atoms with E-state index in [-0.39, 0.29) is 19.1 Å². The summed E-state index contributed by atoms with van der Waals surface area (Å²) < 4.78 is 0. The first kappa shape index (κ1) is 10.0. The Balaban J connectivity index is 0. The van der Waals surface area contributed by atoms with Gasteiger partial charge in [-0.25, -0.2) is 0 Å². The number of aliphatic hydroxyl groups is 2. The van der Waals surface area contributed by atoms with Crippen LogP contribution in [0.25, 0.3) is 0 Å². The molecule has 0 amide bonds. The van der Waals surface area contributed by atoms with Gasteiger partial charge in [0.2, 0.25) is 0 Å². The maximum atomic E-state index is 8.32. The molecule has 0 aromatic rings. The van der Waals surface area contributed by atoms with Gasteiger partial charge in [-0.2, -0.15) is 0 Å². The normalized spacial score (nSPS) is 12.4. The zero-order valence-electron chi connectivity index (χ0n) is 5.17. The summed E-state index contributed by atoms with van der Waals surface area (Å²) in [5, 5.41) is 16.5. The largest absolute Gasteiger partial charge is 0.428 e. The molecule has 0 spiro atoms. The fourth-order valence-electron chi connectivity index (χ4n) is 0.254. The van der Waals surface area contributed by atoms with Gasteiger partial charge in [-0.1, -0.05) is 13.5 Å². The maximum Gasteiger partial charge on any atom is 0.0186 e. The van der Waals surface area contributed by atoms with E-state index in [1.165, 1.54) is 0 Å². The van der Waals surface area contributed by atoms with Gasteiger partial charge < -0.3 is 10.2 Å². The van der Waals surface area contributed by atoms with Crippen LogP contribution in [0.15, 0.2) is 0 Å². The van der Waals surface area contributed by atoms with E-state index in [4.69, 9.17) is 10.2 Å². The van der Waals surface area contributed by atoms with Crippen molar-refractivity contribution in [3.63, 3.8) is 0 Å². The van der Waals surface area contributed by atoms with Crippen LogP contribution in [-0.4, -0.2) is 23.4 Å². The molecule has 1 atom stereocenters. The number of rotatable bonds is 3.